The molecule has 138 valence electrons. The van der Waals surface area contributed by atoms with Gasteiger partial charge in [0.05, 0.1) is 16.8 Å². The Kier molecular flexibility index (Phi) is 6.58. The van der Waals surface area contributed by atoms with Gasteiger partial charge in [-0.3, -0.25) is 4.79 Å². The van der Waals surface area contributed by atoms with Crippen molar-refractivity contribution < 1.29 is 9.53 Å². The van der Waals surface area contributed by atoms with Gasteiger partial charge in [-0.25, -0.2) is 4.98 Å². The maximum Gasteiger partial charge on any atom is 0.266 e. The number of benzene rings is 1. The SMILES string of the molecule is CCc1nc(C)c(C(=O)N(C/C=C/c2ccccc2)C[C@H]2CCCO2)s1. The summed E-state index contributed by atoms with van der Waals surface area (Å²) in [5.41, 5.74) is 1.97. The van der Waals surface area contributed by atoms with Crippen LogP contribution in [0.4, 0.5) is 0 Å². The van der Waals surface area contributed by atoms with Gasteiger partial charge >= 0.3 is 0 Å². The molecule has 3 rings (SSSR count). The molecule has 1 saturated heterocycles. The Balaban J connectivity index is 1.74. The third-order valence-corrected chi connectivity index (χ3v) is 5.80. The smallest absolute Gasteiger partial charge is 0.266 e. The minimum Gasteiger partial charge on any atom is -0.376 e. The van der Waals surface area contributed by atoms with Crippen LogP contribution < -0.4 is 0 Å². The number of carbonyl (C=O) groups is 1. The molecule has 0 N–H and O–H groups in total. The van der Waals surface area contributed by atoms with E-state index in [9.17, 15) is 4.79 Å². The monoisotopic (exact) mass is 370 g/mol. The predicted molar refractivity (Wildman–Crippen MR) is 107 cm³/mol. The molecule has 0 bridgehead atoms. The van der Waals surface area contributed by atoms with Crippen LogP contribution in [0, 0.1) is 6.92 Å². The Hall–Kier alpha value is -1.98. The lowest BCUT2D eigenvalue weighted by atomic mass is 10.2. The number of thiazole rings is 1. The normalized spacial score (nSPS) is 17.1. The predicted octanol–water partition coefficient (Wildman–Crippen LogP) is 4.35. The number of amides is 1. The van der Waals surface area contributed by atoms with Crippen LogP contribution in [0.15, 0.2) is 36.4 Å². The van der Waals surface area contributed by atoms with Crippen LogP contribution >= 0.6 is 11.3 Å². The van der Waals surface area contributed by atoms with E-state index in [0.717, 1.165) is 47.0 Å². The highest BCUT2D eigenvalue weighted by molar-refractivity contribution is 7.13. The highest BCUT2D eigenvalue weighted by Crippen LogP contribution is 2.22. The Morgan fingerprint density at radius 1 is 1.38 bits per heavy atom. The van der Waals surface area contributed by atoms with Crippen LogP contribution in [-0.2, 0) is 11.2 Å². The second-order valence-corrected chi connectivity index (χ2v) is 7.62. The van der Waals surface area contributed by atoms with E-state index >= 15 is 0 Å². The van der Waals surface area contributed by atoms with E-state index in [1.807, 2.05) is 30.0 Å². The number of carbonyl (C=O) groups excluding carboxylic acids is 1. The summed E-state index contributed by atoms with van der Waals surface area (Å²) in [7, 11) is 0. The quantitative estimate of drug-likeness (QED) is 0.728. The Morgan fingerprint density at radius 3 is 2.85 bits per heavy atom. The van der Waals surface area contributed by atoms with Crippen LogP contribution in [0.3, 0.4) is 0 Å². The number of aryl methyl sites for hydroxylation is 2. The lowest BCUT2D eigenvalue weighted by Gasteiger charge is -2.24. The Bertz CT molecular complexity index is 749. The molecule has 0 aliphatic carbocycles. The number of hydrogen-bond donors (Lipinski definition) is 0. The largest absolute Gasteiger partial charge is 0.376 e. The highest BCUT2D eigenvalue weighted by Gasteiger charge is 2.25. The third kappa shape index (κ3) is 4.80. The summed E-state index contributed by atoms with van der Waals surface area (Å²) in [4.78, 5) is 20.3. The van der Waals surface area contributed by atoms with E-state index in [-0.39, 0.29) is 12.0 Å². The molecule has 1 aromatic carbocycles. The topological polar surface area (TPSA) is 42.4 Å². The van der Waals surface area contributed by atoms with Gasteiger partial charge in [0, 0.05) is 19.7 Å². The second-order valence-electron chi connectivity index (χ2n) is 6.53. The fourth-order valence-electron chi connectivity index (χ4n) is 3.10. The van der Waals surface area contributed by atoms with Gasteiger partial charge in [-0.05, 0) is 31.7 Å². The number of aromatic nitrogens is 1. The molecule has 1 aliphatic heterocycles. The molecule has 1 aromatic heterocycles. The standard InChI is InChI=1S/C21H26N2O2S/c1-3-19-22-16(2)20(26-19)21(24)23(15-18-12-8-14-25-18)13-7-11-17-9-5-4-6-10-17/h4-7,9-11,18H,3,8,12-15H2,1-2H3/b11-7+/t18-/m1/s1. The van der Waals surface area contributed by atoms with Crippen molar-refractivity contribution in [1.29, 1.82) is 0 Å². The zero-order valence-electron chi connectivity index (χ0n) is 15.5. The zero-order chi connectivity index (χ0) is 18.4. The molecule has 2 heterocycles. The number of ether oxygens (including phenoxy) is 1. The van der Waals surface area contributed by atoms with Crippen LogP contribution in [0.25, 0.3) is 6.08 Å². The van der Waals surface area contributed by atoms with E-state index in [2.05, 4.69) is 36.2 Å². The first kappa shape index (κ1) is 18.8. The fraction of sp³-hybridized carbons (Fsp3) is 0.429. The van der Waals surface area contributed by atoms with Gasteiger partial charge in [-0.2, -0.15) is 0 Å². The van der Waals surface area contributed by atoms with Crippen molar-refractivity contribution in [2.24, 2.45) is 0 Å². The number of rotatable bonds is 7. The zero-order valence-corrected chi connectivity index (χ0v) is 16.3. The summed E-state index contributed by atoms with van der Waals surface area (Å²) in [6.07, 6.45) is 7.22. The first-order chi connectivity index (χ1) is 12.7. The number of nitrogens with zero attached hydrogens (tertiary/aromatic N) is 2. The summed E-state index contributed by atoms with van der Waals surface area (Å²) in [6.45, 7) is 6.00. The average Bonchev–Trinajstić information content (AvgIpc) is 3.30. The van der Waals surface area contributed by atoms with Gasteiger partial charge in [0.1, 0.15) is 4.88 Å². The fourth-order valence-corrected chi connectivity index (χ4v) is 4.07. The van der Waals surface area contributed by atoms with E-state index < -0.39 is 0 Å². The molecule has 4 nitrogen and oxygen atoms in total. The lowest BCUT2D eigenvalue weighted by Crippen LogP contribution is -2.37. The maximum absolute atomic E-state index is 13.1. The van der Waals surface area contributed by atoms with Crippen LogP contribution in [0.5, 0.6) is 0 Å². The maximum atomic E-state index is 13.1. The van der Waals surface area contributed by atoms with Crippen LogP contribution in [0.1, 0.15) is 45.7 Å². The van der Waals surface area contributed by atoms with Gasteiger partial charge in [-0.1, -0.05) is 49.4 Å². The second kappa shape index (κ2) is 9.10. The van der Waals surface area contributed by atoms with Crippen molar-refractivity contribution in [2.75, 3.05) is 19.7 Å². The molecule has 1 aliphatic rings. The van der Waals surface area contributed by atoms with Gasteiger partial charge < -0.3 is 9.64 Å². The molecule has 0 unspecified atom stereocenters. The minimum absolute atomic E-state index is 0.0629. The minimum atomic E-state index is 0.0629. The van der Waals surface area contributed by atoms with Gasteiger partial charge in [0.15, 0.2) is 0 Å². The van der Waals surface area contributed by atoms with Crippen LogP contribution in [-0.4, -0.2) is 41.6 Å². The molecule has 1 atom stereocenters. The molecule has 26 heavy (non-hydrogen) atoms. The third-order valence-electron chi connectivity index (χ3n) is 4.51. The lowest BCUT2D eigenvalue weighted by molar-refractivity contribution is 0.0557. The molecule has 1 fully saturated rings. The van der Waals surface area contributed by atoms with Crippen molar-refractivity contribution in [1.82, 2.24) is 9.88 Å². The first-order valence-corrected chi connectivity index (χ1v) is 10.1. The van der Waals surface area contributed by atoms with Crippen molar-refractivity contribution in [3.05, 3.63) is 57.6 Å². The number of hydrogen-bond acceptors (Lipinski definition) is 4. The van der Waals surface area contributed by atoms with Crippen LogP contribution in [0.2, 0.25) is 0 Å². The van der Waals surface area contributed by atoms with Crippen molar-refractivity contribution in [3.8, 4) is 0 Å². The van der Waals surface area contributed by atoms with Gasteiger partial charge in [0.25, 0.3) is 5.91 Å². The summed E-state index contributed by atoms with van der Waals surface area (Å²) in [6, 6.07) is 10.2. The Morgan fingerprint density at radius 2 is 2.19 bits per heavy atom. The summed E-state index contributed by atoms with van der Waals surface area (Å²) in [5.74, 6) is 0.0629. The summed E-state index contributed by atoms with van der Waals surface area (Å²) < 4.78 is 5.76. The van der Waals surface area contributed by atoms with E-state index in [1.54, 1.807) is 0 Å². The molecule has 0 saturated carbocycles. The molecule has 1 amide bonds. The molecular weight excluding hydrogens is 344 g/mol. The van der Waals surface area contributed by atoms with Crippen molar-refractivity contribution >= 4 is 23.3 Å². The highest BCUT2D eigenvalue weighted by atomic mass is 32.1. The molecule has 2 aromatic rings. The molecule has 5 heteroatoms. The Labute approximate surface area is 159 Å². The summed E-state index contributed by atoms with van der Waals surface area (Å²) >= 11 is 1.52. The van der Waals surface area contributed by atoms with Crippen molar-refractivity contribution in [3.63, 3.8) is 0 Å². The van der Waals surface area contributed by atoms with Gasteiger partial charge in [0.2, 0.25) is 0 Å². The molecule has 0 spiro atoms. The summed E-state index contributed by atoms with van der Waals surface area (Å²) in [5, 5.41) is 1.02. The van der Waals surface area contributed by atoms with E-state index in [4.69, 9.17) is 4.74 Å². The molecule has 0 radical (unpaired) electrons. The molecular formula is C21H26N2O2S. The van der Waals surface area contributed by atoms with Gasteiger partial charge in [-0.15, -0.1) is 11.3 Å². The van der Waals surface area contributed by atoms with E-state index in [0.29, 0.717) is 13.1 Å². The first-order valence-electron chi connectivity index (χ1n) is 9.26. The van der Waals surface area contributed by atoms with E-state index in [1.165, 1.54) is 11.3 Å². The average molecular weight is 371 g/mol. The van der Waals surface area contributed by atoms with Crippen molar-refractivity contribution in [2.45, 2.75) is 39.2 Å².